The molecule has 0 spiro atoms. The summed E-state index contributed by atoms with van der Waals surface area (Å²) in [4.78, 5) is 19.5. The fraction of sp³-hybridized carbons (Fsp3) is 0. The highest BCUT2D eigenvalue weighted by Gasteiger charge is 2.41. The van der Waals surface area contributed by atoms with Gasteiger partial charge in [-0.2, -0.15) is 5.26 Å². The maximum atomic E-state index is 10.3. The lowest BCUT2D eigenvalue weighted by atomic mass is 9.97. The van der Waals surface area contributed by atoms with Crippen LogP contribution in [-0.4, -0.2) is 27.6 Å². The Morgan fingerprint density at radius 1 is 0.359 bits per heavy atom. The minimum atomic E-state index is -2.95. The van der Waals surface area contributed by atoms with E-state index in [0.29, 0.717) is 28.7 Å². The molecule has 13 aromatic rings. The van der Waals surface area contributed by atoms with E-state index in [1.165, 1.54) is 20.7 Å². The molecule has 0 unspecified atom stereocenters. The molecule has 0 radical (unpaired) electrons. The van der Waals surface area contributed by atoms with E-state index < -0.39 is 8.07 Å². The minimum Gasteiger partial charge on any atom is -0.309 e. The number of hydrogen-bond donors (Lipinski definition) is 0. The van der Waals surface area contributed by atoms with Gasteiger partial charge in [0.15, 0.2) is 31.2 Å². The Labute approximate surface area is 454 Å². The van der Waals surface area contributed by atoms with Crippen molar-refractivity contribution in [3.05, 3.63) is 296 Å². The lowest BCUT2D eigenvalue weighted by Crippen LogP contribution is -2.74. The van der Waals surface area contributed by atoms with Crippen molar-refractivity contribution in [2.45, 2.75) is 0 Å². The monoisotopic (exact) mass is 1010 g/mol. The number of fused-ring (bicyclic) bond motifs is 3. The Kier molecular flexibility index (Phi) is 12.3. The molecule has 2 aromatic heterocycles. The van der Waals surface area contributed by atoms with Crippen molar-refractivity contribution in [1.29, 1.82) is 5.26 Å². The van der Waals surface area contributed by atoms with Gasteiger partial charge >= 0.3 is 0 Å². The topological polar surface area (TPSA) is 71.8 Å². The van der Waals surface area contributed by atoms with Crippen molar-refractivity contribution in [2.75, 3.05) is 0 Å². The van der Waals surface area contributed by atoms with Crippen LogP contribution in [0.3, 0.4) is 0 Å². The normalized spacial score (nSPS) is 11.3. The van der Waals surface area contributed by atoms with E-state index in [-0.39, 0.29) is 0 Å². The molecule has 0 N–H and O–H groups in total. The largest absolute Gasteiger partial charge is 0.309 e. The first-order valence-corrected chi connectivity index (χ1v) is 27.9. The van der Waals surface area contributed by atoms with E-state index in [2.05, 4.69) is 185 Å². The number of nitriles is 1. The second-order valence-corrected chi connectivity index (χ2v) is 23.1. The van der Waals surface area contributed by atoms with Gasteiger partial charge in [-0.3, -0.25) is 0 Å². The molecular weight excluding hydrogens is 965 g/mol. The molecule has 13 rings (SSSR count). The number of rotatable bonds is 11. The third-order valence-corrected chi connectivity index (χ3v) is 19.7. The molecule has 78 heavy (non-hydrogen) atoms. The maximum Gasteiger partial charge on any atom is 0.194 e. The van der Waals surface area contributed by atoms with Crippen LogP contribution >= 0.6 is 0 Å². The van der Waals surface area contributed by atoms with Gasteiger partial charge < -0.3 is 4.57 Å². The van der Waals surface area contributed by atoms with Crippen molar-refractivity contribution in [3.63, 3.8) is 0 Å². The molecule has 0 fully saturated rings. The number of para-hydroxylation sites is 1. The summed E-state index contributed by atoms with van der Waals surface area (Å²) in [6, 6.07) is 100. The molecule has 0 amide bonds. The van der Waals surface area contributed by atoms with Crippen LogP contribution in [0, 0.1) is 17.9 Å². The quantitative estimate of drug-likeness (QED) is 0.0735. The summed E-state index contributed by atoms with van der Waals surface area (Å²) < 4.78 is 2.37. The number of benzene rings is 11. The SMILES string of the molecule is [C-]#[N+]c1ccccc1-c1ccc2c(c1)c1cc(-c3ccccc3C#N)ccc1n2-c1cc(-c2nc(-c3ccccc3)nc(-c3ccccc3)n2)ccc1-c1cccc([Si](c2ccccc2)(c2ccccc2)c2ccccc2)c1. The first-order chi connectivity index (χ1) is 38.6. The molecule has 0 aliphatic rings. The van der Waals surface area contributed by atoms with Crippen LogP contribution in [0.25, 0.3) is 99.9 Å². The number of nitrogens with zero attached hydrogens (tertiary/aromatic N) is 6. The zero-order valence-electron chi connectivity index (χ0n) is 42.2. The Balaban J connectivity index is 1.12. The molecule has 0 aliphatic carbocycles. The summed E-state index contributed by atoms with van der Waals surface area (Å²) in [5, 5.41) is 17.5. The third-order valence-electron chi connectivity index (χ3n) is 14.9. The van der Waals surface area contributed by atoms with Crippen molar-refractivity contribution in [3.8, 4) is 79.3 Å². The first-order valence-electron chi connectivity index (χ1n) is 25.9. The van der Waals surface area contributed by atoms with Crippen LogP contribution in [0.5, 0.6) is 0 Å². The summed E-state index contributed by atoms with van der Waals surface area (Å²) in [6.07, 6.45) is 0. The van der Waals surface area contributed by atoms with Gasteiger partial charge in [0.05, 0.1) is 34.9 Å². The van der Waals surface area contributed by atoms with Crippen LogP contribution in [0.4, 0.5) is 5.69 Å². The minimum absolute atomic E-state index is 0.544. The molecule has 7 heteroatoms. The molecule has 0 atom stereocenters. The average Bonchev–Trinajstić information content (AvgIpc) is 4.07. The number of aromatic nitrogens is 4. The average molecular weight is 1010 g/mol. The van der Waals surface area contributed by atoms with E-state index in [1.807, 2.05) is 109 Å². The molecule has 0 bridgehead atoms. The van der Waals surface area contributed by atoms with Gasteiger partial charge in [-0.05, 0) is 85.0 Å². The predicted molar refractivity (Wildman–Crippen MR) is 321 cm³/mol. The molecule has 0 aliphatic heterocycles. The maximum absolute atomic E-state index is 10.3. The van der Waals surface area contributed by atoms with Gasteiger partial charge in [-0.25, -0.2) is 19.8 Å². The molecular formula is C71H46N6Si. The van der Waals surface area contributed by atoms with Crippen LogP contribution in [0.15, 0.2) is 279 Å². The molecule has 364 valence electrons. The summed E-state index contributed by atoms with van der Waals surface area (Å²) in [6.45, 7) is 8.11. The van der Waals surface area contributed by atoms with Gasteiger partial charge in [0, 0.05) is 33.0 Å². The second kappa shape index (κ2) is 20.3. The van der Waals surface area contributed by atoms with Gasteiger partial charge in [0.25, 0.3) is 0 Å². The van der Waals surface area contributed by atoms with Gasteiger partial charge in [-0.1, -0.05) is 243 Å². The first kappa shape index (κ1) is 47.2. The van der Waals surface area contributed by atoms with E-state index >= 15 is 0 Å². The van der Waals surface area contributed by atoms with E-state index in [4.69, 9.17) is 21.5 Å². The molecule has 6 nitrogen and oxygen atoms in total. The number of hydrogen-bond acceptors (Lipinski definition) is 4. The molecule has 2 heterocycles. The van der Waals surface area contributed by atoms with Crippen molar-refractivity contribution in [2.24, 2.45) is 0 Å². The fourth-order valence-corrected chi connectivity index (χ4v) is 16.1. The Bertz CT molecular complexity index is 4180. The highest BCUT2D eigenvalue weighted by atomic mass is 28.3. The summed E-state index contributed by atoms with van der Waals surface area (Å²) >= 11 is 0. The highest BCUT2D eigenvalue weighted by Crippen LogP contribution is 2.42. The lowest BCUT2D eigenvalue weighted by Gasteiger charge is -2.34. The highest BCUT2D eigenvalue weighted by molar-refractivity contribution is 7.19. The summed E-state index contributed by atoms with van der Waals surface area (Å²) in [5.41, 5.74) is 12.3. The van der Waals surface area contributed by atoms with Crippen LogP contribution in [-0.2, 0) is 0 Å². The zero-order valence-corrected chi connectivity index (χ0v) is 43.2. The Morgan fingerprint density at radius 2 is 0.782 bits per heavy atom. The van der Waals surface area contributed by atoms with Crippen molar-refractivity contribution in [1.82, 2.24) is 19.5 Å². The second-order valence-electron chi connectivity index (χ2n) is 19.3. The lowest BCUT2D eigenvalue weighted by molar-refractivity contribution is 1.07. The molecule has 0 saturated carbocycles. The van der Waals surface area contributed by atoms with E-state index in [9.17, 15) is 5.26 Å². The predicted octanol–water partition coefficient (Wildman–Crippen LogP) is 14.8. The summed E-state index contributed by atoms with van der Waals surface area (Å²) in [7, 11) is -2.95. The third kappa shape index (κ3) is 8.34. The fourth-order valence-electron chi connectivity index (χ4n) is 11.3. The van der Waals surface area contributed by atoms with Crippen LogP contribution in [0.1, 0.15) is 5.56 Å². The molecule has 0 saturated heterocycles. The molecule has 11 aromatic carbocycles. The Hall–Kier alpha value is -10.6. The Morgan fingerprint density at radius 3 is 1.32 bits per heavy atom. The van der Waals surface area contributed by atoms with Crippen molar-refractivity contribution < 1.29 is 0 Å². The van der Waals surface area contributed by atoms with Gasteiger partial charge in [0.1, 0.15) is 0 Å². The summed E-state index contributed by atoms with van der Waals surface area (Å²) in [5.74, 6) is 1.70. The van der Waals surface area contributed by atoms with Crippen molar-refractivity contribution >= 4 is 56.3 Å². The zero-order chi connectivity index (χ0) is 52.4. The van der Waals surface area contributed by atoms with E-state index in [0.717, 1.165) is 77.6 Å². The van der Waals surface area contributed by atoms with Gasteiger partial charge in [-0.15, -0.1) is 0 Å². The smallest absolute Gasteiger partial charge is 0.194 e. The van der Waals surface area contributed by atoms with E-state index in [1.54, 1.807) is 0 Å². The van der Waals surface area contributed by atoms with Crippen LogP contribution < -0.4 is 20.7 Å². The standard InChI is InChI=1S/C71H46N6Si/c1-73-65-37-20-19-36-61(65)53-40-43-67-64(46-53)63-45-52(60-35-18-17-26-55(60)48-72)39-42-66(63)77(67)68-47-54(71-75-69(49-22-7-2-8-23-49)74-70(76-71)50-24-9-3-10-25-50)38-41-62(68)51-27-21-34-59(44-51)78(56-28-11-4-12-29-56,57-30-13-5-14-31-57)58-32-15-6-16-33-58/h2-47H. The van der Waals surface area contributed by atoms with Crippen LogP contribution in [0.2, 0.25) is 0 Å². The van der Waals surface area contributed by atoms with Gasteiger partial charge in [0.2, 0.25) is 0 Å².